The monoisotopic (exact) mass is 204 g/mol. The van der Waals surface area contributed by atoms with Gasteiger partial charge in [0.15, 0.2) is 0 Å². The van der Waals surface area contributed by atoms with Gasteiger partial charge in [0.1, 0.15) is 0 Å². The number of benzene rings is 1. The second-order valence-corrected chi connectivity index (χ2v) is 4.45. The van der Waals surface area contributed by atoms with Gasteiger partial charge < -0.3 is 11.1 Å². The first kappa shape index (κ1) is 10.7. The van der Waals surface area contributed by atoms with E-state index in [1.54, 1.807) is 0 Å². The maximum absolute atomic E-state index is 5.55. The third kappa shape index (κ3) is 3.05. The van der Waals surface area contributed by atoms with Crippen LogP contribution in [0, 0.1) is 5.92 Å². The van der Waals surface area contributed by atoms with Crippen LogP contribution in [0.25, 0.3) is 0 Å². The molecule has 3 N–H and O–H groups in total. The lowest BCUT2D eigenvalue weighted by Crippen LogP contribution is -2.26. The molecule has 0 aromatic heterocycles. The summed E-state index contributed by atoms with van der Waals surface area (Å²) in [5, 5.41) is 3.51. The summed E-state index contributed by atoms with van der Waals surface area (Å²) in [7, 11) is 0. The van der Waals surface area contributed by atoms with Crippen LogP contribution in [-0.2, 0) is 13.1 Å². The Morgan fingerprint density at radius 3 is 2.33 bits per heavy atom. The van der Waals surface area contributed by atoms with Crippen molar-refractivity contribution >= 4 is 0 Å². The fraction of sp³-hybridized carbons (Fsp3) is 0.538. The molecular weight excluding hydrogens is 184 g/mol. The molecule has 0 heterocycles. The van der Waals surface area contributed by atoms with Gasteiger partial charge >= 0.3 is 0 Å². The molecule has 0 aliphatic heterocycles. The summed E-state index contributed by atoms with van der Waals surface area (Å²) < 4.78 is 0. The van der Waals surface area contributed by atoms with Gasteiger partial charge in [0.2, 0.25) is 0 Å². The number of hydrogen-bond acceptors (Lipinski definition) is 2. The van der Waals surface area contributed by atoms with Gasteiger partial charge in [-0.15, -0.1) is 0 Å². The van der Waals surface area contributed by atoms with Crippen molar-refractivity contribution in [2.24, 2.45) is 11.7 Å². The highest BCUT2D eigenvalue weighted by Gasteiger charge is 2.16. The van der Waals surface area contributed by atoms with Crippen molar-refractivity contribution in [1.29, 1.82) is 0 Å². The van der Waals surface area contributed by atoms with Gasteiger partial charge in [-0.1, -0.05) is 30.7 Å². The summed E-state index contributed by atoms with van der Waals surface area (Å²) in [5.41, 5.74) is 8.11. The number of nitrogens with two attached hydrogens (primary N) is 1. The van der Waals surface area contributed by atoms with Crippen LogP contribution in [-0.4, -0.2) is 6.54 Å². The maximum Gasteiger partial charge on any atom is 0.0205 e. The summed E-state index contributed by atoms with van der Waals surface area (Å²) in [6.07, 6.45) is 4.26. The Hall–Kier alpha value is -0.860. The van der Waals surface area contributed by atoms with Gasteiger partial charge in [-0.3, -0.25) is 0 Å². The Morgan fingerprint density at radius 1 is 1.13 bits per heavy atom. The number of nitrogens with one attached hydrogen (secondary N) is 1. The highest BCUT2D eigenvalue weighted by molar-refractivity contribution is 5.22. The van der Waals surface area contributed by atoms with Crippen molar-refractivity contribution in [3.63, 3.8) is 0 Å². The summed E-state index contributed by atoms with van der Waals surface area (Å²) in [5.74, 6) is 0.938. The highest BCUT2D eigenvalue weighted by Crippen LogP contribution is 2.25. The molecule has 0 radical (unpaired) electrons. The Bertz CT molecular complexity index is 288. The van der Waals surface area contributed by atoms with Gasteiger partial charge in [0.05, 0.1) is 0 Å². The van der Waals surface area contributed by atoms with Gasteiger partial charge in [-0.2, -0.15) is 0 Å². The SMILES string of the molecule is NCc1ccc(CNCC2CCC2)cc1. The number of rotatable bonds is 5. The van der Waals surface area contributed by atoms with Crippen LogP contribution in [0.5, 0.6) is 0 Å². The third-order valence-electron chi connectivity index (χ3n) is 3.25. The molecule has 2 heteroatoms. The average molecular weight is 204 g/mol. The van der Waals surface area contributed by atoms with Crippen molar-refractivity contribution in [1.82, 2.24) is 5.32 Å². The van der Waals surface area contributed by atoms with E-state index >= 15 is 0 Å². The third-order valence-corrected chi connectivity index (χ3v) is 3.25. The van der Waals surface area contributed by atoms with Gasteiger partial charge in [0.25, 0.3) is 0 Å². The molecule has 82 valence electrons. The molecule has 1 aliphatic rings. The first-order valence-corrected chi connectivity index (χ1v) is 5.87. The van der Waals surface area contributed by atoms with Crippen LogP contribution in [0.1, 0.15) is 30.4 Å². The summed E-state index contributed by atoms with van der Waals surface area (Å²) in [6, 6.07) is 8.55. The molecule has 2 nitrogen and oxygen atoms in total. The Morgan fingerprint density at radius 2 is 1.80 bits per heavy atom. The van der Waals surface area contributed by atoms with Gasteiger partial charge in [-0.05, 0) is 36.4 Å². The largest absolute Gasteiger partial charge is 0.326 e. The molecule has 1 saturated carbocycles. The molecule has 1 aliphatic carbocycles. The molecule has 1 fully saturated rings. The van der Waals surface area contributed by atoms with E-state index in [1.165, 1.54) is 36.9 Å². The van der Waals surface area contributed by atoms with Gasteiger partial charge in [0, 0.05) is 13.1 Å². The molecule has 0 saturated heterocycles. The normalized spacial score (nSPS) is 16.3. The molecule has 0 bridgehead atoms. The van der Waals surface area contributed by atoms with E-state index in [9.17, 15) is 0 Å². The molecule has 15 heavy (non-hydrogen) atoms. The zero-order valence-corrected chi connectivity index (χ0v) is 9.21. The minimum atomic E-state index is 0.635. The molecule has 1 aromatic rings. The van der Waals surface area contributed by atoms with Crippen molar-refractivity contribution in [3.05, 3.63) is 35.4 Å². The van der Waals surface area contributed by atoms with E-state index in [2.05, 4.69) is 29.6 Å². The van der Waals surface area contributed by atoms with Gasteiger partial charge in [-0.25, -0.2) is 0 Å². The second kappa shape index (κ2) is 5.29. The molecular formula is C13H20N2. The zero-order valence-electron chi connectivity index (χ0n) is 9.21. The maximum atomic E-state index is 5.55. The van der Waals surface area contributed by atoms with Crippen molar-refractivity contribution in [2.45, 2.75) is 32.4 Å². The second-order valence-electron chi connectivity index (χ2n) is 4.45. The predicted octanol–water partition coefficient (Wildman–Crippen LogP) is 2.04. The lowest BCUT2D eigenvalue weighted by Gasteiger charge is -2.25. The predicted molar refractivity (Wildman–Crippen MR) is 63.4 cm³/mol. The van der Waals surface area contributed by atoms with Crippen LogP contribution < -0.4 is 11.1 Å². The molecule has 0 atom stereocenters. The Kier molecular flexibility index (Phi) is 3.75. The quantitative estimate of drug-likeness (QED) is 0.770. The zero-order chi connectivity index (χ0) is 10.5. The van der Waals surface area contributed by atoms with E-state index < -0.39 is 0 Å². The van der Waals surface area contributed by atoms with E-state index in [0.717, 1.165) is 12.5 Å². The van der Waals surface area contributed by atoms with Crippen LogP contribution in [0.15, 0.2) is 24.3 Å². The van der Waals surface area contributed by atoms with Crippen LogP contribution in [0.4, 0.5) is 0 Å². The highest BCUT2D eigenvalue weighted by atomic mass is 14.9. The Labute approximate surface area is 91.9 Å². The van der Waals surface area contributed by atoms with Crippen LogP contribution in [0.3, 0.4) is 0 Å². The standard InChI is InChI=1S/C13H20N2/c14-8-11-4-6-13(7-5-11)10-15-9-12-2-1-3-12/h4-7,12,15H,1-3,8-10,14H2. The fourth-order valence-electron chi connectivity index (χ4n) is 1.91. The fourth-order valence-corrected chi connectivity index (χ4v) is 1.91. The van der Waals surface area contributed by atoms with Crippen molar-refractivity contribution in [3.8, 4) is 0 Å². The first-order valence-electron chi connectivity index (χ1n) is 5.87. The smallest absolute Gasteiger partial charge is 0.0205 e. The minimum absolute atomic E-state index is 0.635. The van der Waals surface area contributed by atoms with E-state index in [0.29, 0.717) is 6.54 Å². The molecule has 0 amide bonds. The van der Waals surface area contributed by atoms with E-state index in [-0.39, 0.29) is 0 Å². The van der Waals surface area contributed by atoms with E-state index in [4.69, 9.17) is 5.73 Å². The Balaban J connectivity index is 1.72. The lowest BCUT2D eigenvalue weighted by molar-refractivity contribution is 0.301. The summed E-state index contributed by atoms with van der Waals surface area (Å²) in [6.45, 7) is 2.80. The molecule has 0 unspecified atom stereocenters. The van der Waals surface area contributed by atoms with Crippen molar-refractivity contribution < 1.29 is 0 Å². The van der Waals surface area contributed by atoms with Crippen LogP contribution in [0.2, 0.25) is 0 Å². The minimum Gasteiger partial charge on any atom is -0.326 e. The number of hydrogen-bond donors (Lipinski definition) is 2. The molecule has 0 spiro atoms. The van der Waals surface area contributed by atoms with Crippen molar-refractivity contribution in [2.75, 3.05) is 6.54 Å². The summed E-state index contributed by atoms with van der Waals surface area (Å²) in [4.78, 5) is 0. The van der Waals surface area contributed by atoms with E-state index in [1.807, 2.05) is 0 Å². The topological polar surface area (TPSA) is 38.0 Å². The molecule has 1 aromatic carbocycles. The molecule has 2 rings (SSSR count). The van der Waals surface area contributed by atoms with Crippen LogP contribution >= 0.6 is 0 Å². The average Bonchev–Trinajstić information content (AvgIpc) is 2.23. The summed E-state index contributed by atoms with van der Waals surface area (Å²) >= 11 is 0. The first-order chi connectivity index (χ1) is 7.38. The lowest BCUT2D eigenvalue weighted by atomic mass is 9.85.